The lowest BCUT2D eigenvalue weighted by atomic mass is 10.2. The van der Waals surface area contributed by atoms with Crippen LogP contribution in [0, 0.1) is 0 Å². The molecule has 0 aromatic heterocycles. The fourth-order valence-electron chi connectivity index (χ4n) is 1.48. The first-order valence-corrected chi connectivity index (χ1v) is 5.56. The Bertz CT molecular complexity index is 328. The molecule has 0 radical (unpaired) electrons. The number of nitrogens with zero attached hydrogens (tertiary/aromatic N) is 1. The fourth-order valence-corrected chi connectivity index (χ4v) is 1.48. The van der Waals surface area contributed by atoms with Gasteiger partial charge in [0.1, 0.15) is 5.75 Å². The zero-order chi connectivity index (χ0) is 12.0. The first kappa shape index (κ1) is 12.6. The van der Waals surface area contributed by atoms with Crippen LogP contribution in [0.3, 0.4) is 0 Å². The standard InChI is InChI=1S/C12H21N3O/c1-4-16-12-8-10(13)7-11(9-12)15(3)6-5-14-2/h7-9,14H,4-6,13H2,1-3H3. The van der Waals surface area contributed by atoms with Crippen molar-refractivity contribution < 1.29 is 4.74 Å². The van der Waals surface area contributed by atoms with Crippen LogP contribution in [0.2, 0.25) is 0 Å². The molecule has 0 heterocycles. The normalized spacial score (nSPS) is 10.2. The van der Waals surface area contributed by atoms with Crippen LogP contribution in [0.4, 0.5) is 11.4 Å². The SMILES string of the molecule is CCOc1cc(N)cc(N(C)CCNC)c1. The van der Waals surface area contributed by atoms with Gasteiger partial charge in [0.25, 0.3) is 0 Å². The molecule has 1 rings (SSSR count). The van der Waals surface area contributed by atoms with E-state index in [0.29, 0.717) is 6.61 Å². The van der Waals surface area contributed by atoms with Gasteiger partial charge in [-0.3, -0.25) is 0 Å². The Hall–Kier alpha value is -1.42. The molecule has 0 atom stereocenters. The highest BCUT2D eigenvalue weighted by Gasteiger charge is 2.04. The molecule has 3 N–H and O–H groups in total. The van der Waals surface area contributed by atoms with Gasteiger partial charge in [0.2, 0.25) is 0 Å². The van der Waals surface area contributed by atoms with E-state index in [9.17, 15) is 0 Å². The molecule has 0 unspecified atom stereocenters. The van der Waals surface area contributed by atoms with E-state index in [0.717, 1.165) is 30.2 Å². The highest BCUT2D eigenvalue weighted by atomic mass is 16.5. The highest BCUT2D eigenvalue weighted by molar-refractivity contribution is 5.60. The monoisotopic (exact) mass is 223 g/mol. The lowest BCUT2D eigenvalue weighted by Gasteiger charge is -2.20. The number of anilines is 2. The molecule has 0 aliphatic heterocycles. The fraction of sp³-hybridized carbons (Fsp3) is 0.500. The molecule has 0 fully saturated rings. The Balaban J connectivity index is 2.78. The van der Waals surface area contributed by atoms with Crippen molar-refractivity contribution in [1.29, 1.82) is 0 Å². The highest BCUT2D eigenvalue weighted by Crippen LogP contribution is 2.24. The van der Waals surface area contributed by atoms with Crippen molar-refractivity contribution in [3.05, 3.63) is 18.2 Å². The third-order valence-electron chi connectivity index (χ3n) is 2.36. The molecular weight excluding hydrogens is 202 g/mol. The van der Waals surface area contributed by atoms with Crippen molar-refractivity contribution in [3.8, 4) is 5.75 Å². The first-order chi connectivity index (χ1) is 7.67. The van der Waals surface area contributed by atoms with Crippen LogP contribution < -0.4 is 20.7 Å². The van der Waals surface area contributed by atoms with E-state index in [2.05, 4.69) is 10.2 Å². The van der Waals surface area contributed by atoms with Crippen LogP contribution in [0.25, 0.3) is 0 Å². The molecule has 0 saturated carbocycles. The minimum absolute atomic E-state index is 0.656. The third-order valence-corrected chi connectivity index (χ3v) is 2.36. The summed E-state index contributed by atoms with van der Waals surface area (Å²) in [5.41, 5.74) is 7.65. The Labute approximate surface area is 97.4 Å². The molecule has 0 aliphatic rings. The zero-order valence-corrected chi connectivity index (χ0v) is 10.3. The second kappa shape index (κ2) is 6.23. The Morgan fingerprint density at radius 2 is 2.12 bits per heavy atom. The van der Waals surface area contributed by atoms with Gasteiger partial charge in [-0.15, -0.1) is 0 Å². The molecule has 0 bridgehead atoms. The van der Waals surface area contributed by atoms with Gasteiger partial charge in [-0.2, -0.15) is 0 Å². The zero-order valence-electron chi connectivity index (χ0n) is 10.3. The van der Waals surface area contributed by atoms with Gasteiger partial charge >= 0.3 is 0 Å². The quantitative estimate of drug-likeness (QED) is 0.714. The summed E-state index contributed by atoms with van der Waals surface area (Å²) in [6, 6.07) is 5.81. The van der Waals surface area contributed by atoms with Gasteiger partial charge in [0, 0.05) is 43.6 Å². The predicted molar refractivity (Wildman–Crippen MR) is 69.2 cm³/mol. The molecule has 90 valence electrons. The van der Waals surface area contributed by atoms with Gasteiger partial charge in [0.15, 0.2) is 0 Å². The van der Waals surface area contributed by atoms with Gasteiger partial charge in [-0.1, -0.05) is 0 Å². The smallest absolute Gasteiger partial charge is 0.123 e. The minimum Gasteiger partial charge on any atom is -0.494 e. The number of nitrogens with two attached hydrogens (primary N) is 1. The van der Waals surface area contributed by atoms with Crippen LogP contribution in [0.5, 0.6) is 5.75 Å². The van der Waals surface area contributed by atoms with Crippen molar-refractivity contribution >= 4 is 11.4 Å². The Kier molecular flexibility index (Phi) is 4.92. The molecular formula is C12H21N3O. The van der Waals surface area contributed by atoms with E-state index in [1.54, 1.807) is 0 Å². The van der Waals surface area contributed by atoms with Crippen LogP contribution >= 0.6 is 0 Å². The number of hydrogen-bond donors (Lipinski definition) is 2. The number of nitrogen functional groups attached to an aromatic ring is 1. The van der Waals surface area contributed by atoms with Crippen molar-refractivity contribution in [2.24, 2.45) is 0 Å². The Morgan fingerprint density at radius 3 is 2.75 bits per heavy atom. The van der Waals surface area contributed by atoms with E-state index >= 15 is 0 Å². The van der Waals surface area contributed by atoms with E-state index in [1.807, 2.05) is 39.2 Å². The number of hydrogen-bond acceptors (Lipinski definition) is 4. The van der Waals surface area contributed by atoms with Crippen molar-refractivity contribution in [2.75, 3.05) is 44.4 Å². The van der Waals surface area contributed by atoms with E-state index < -0.39 is 0 Å². The van der Waals surface area contributed by atoms with E-state index in [4.69, 9.17) is 10.5 Å². The maximum Gasteiger partial charge on any atom is 0.123 e. The minimum atomic E-state index is 0.656. The second-order valence-corrected chi connectivity index (χ2v) is 3.72. The number of rotatable bonds is 6. The summed E-state index contributed by atoms with van der Waals surface area (Å²) in [4.78, 5) is 2.15. The summed E-state index contributed by atoms with van der Waals surface area (Å²) < 4.78 is 5.46. The molecule has 1 aromatic rings. The van der Waals surface area contributed by atoms with Crippen molar-refractivity contribution in [1.82, 2.24) is 5.32 Å². The maximum absolute atomic E-state index is 5.83. The summed E-state index contributed by atoms with van der Waals surface area (Å²) in [6.07, 6.45) is 0. The number of benzene rings is 1. The molecule has 4 heteroatoms. The topological polar surface area (TPSA) is 50.5 Å². The van der Waals surface area contributed by atoms with E-state index in [1.165, 1.54) is 0 Å². The number of nitrogens with one attached hydrogen (secondary N) is 1. The first-order valence-electron chi connectivity index (χ1n) is 5.56. The van der Waals surface area contributed by atoms with Gasteiger partial charge in [-0.05, 0) is 20.0 Å². The van der Waals surface area contributed by atoms with Gasteiger partial charge in [-0.25, -0.2) is 0 Å². The molecule has 1 aromatic carbocycles. The summed E-state index contributed by atoms with van der Waals surface area (Å²) in [5.74, 6) is 0.828. The van der Waals surface area contributed by atoms with Crippen LogP contribution in [0.1, 0.15) is 6.92 Å². The van der Waals surface area contributed by atoms with Gasteiger partial charge in [0.05, 0.1) is 6.61 Å². The number of likely N-dealkylation sites (N-methyl/N-ethyl adjacent to an activating group) is 2. The summed E-state index contributed by atoms with van der Waals surface area (Å²) >= 11 is 0. The predicted octanol–water partition coefficient (Wildman–Crippen LogP) is 1.32. The van der Waals surface area contributed by atoms with Crippen LogP contribution in [0.15, 0.2) is 18.2 Å². The lowest BCUT2D eigenvalue weighted by Crippen LogP contribution is -2.27. The average molecular weight is 223 g/mol. The molecule has 0 spiro atoms. The maximum atomic E-state index is 5.83. The van der Waals surface area contributed by atoms with Gasteiger partial charge < -0.3 is 20.7 Å². The molecule has 0 aliphatic carbocycles. The third kappa shape index (κ3) is 3.62. The average Bonchev–Trinajstić information content (AvgIpc) is 2.25. The summed E-state index contributed by atoms with van der Waals surface area (Å²) in [5, 5.41) is 3.12. The van der Waals surface area contributed by atoms with Crippen LogP contribution in [-0.2, 0) is 0 Å². The molecule has 4 nitrogen and oxygen atoms in total. The summed E-state index contributed by atoms with van der Waals surface area (Å²) in [7, 11) is 3.99. The molecule has 0 saturated heterocycles. The summed E-state index contributed by atoms with van der Waals surface area (Å²) in [6.45, 7) is 4.50. The van der Waals surface area contributed by atoms with Crippen molar-refractivity contribution in [3.63, 3.8) is 0 Å². The van der Waals surface area contributed by atoms with Crippen LogP contribution in [-0.4, -0.2) is 33.8 Å². The lowest BCUT2D eigenvalue weighted by molar-refractivity contribution is 0.340. The van der Waals surface area contributed by atoms with E-state index in [-0.39, 0.29) is 0 Å². The molecule has 0 amide bonds. The number of ether oxygens (including phenoxy) is 1. The largest absolute Gasteiger partial charge is 0.494 e. The van der Waals surface area contributed by atoms with Crippen molar-refractivity contribution in [2.45, 2.75) is 6.92 Å². The Morgan fingerprint density at radius 1 is 1.38 bits per heavy atom. The second-order valence-electron chi connectivity index (χ2n) is 3.72. The molecule has 16 heavy (non-hydrogen) atoms.